The van der Waals surface area contributed by atoms with Gasteiger partial charge in [-0.15, -0.1) is 24.8 Å². The fourth-order valence-electron chi connectivity index (χ4n) is 1.76. The smallest absolute Gasteiger partial charge is 0.128 e. The molecule has 0 saturated carbocycles. The summed E-state index contributed by atoms with van der Waals surface area (Å²) in [7, 11) is 1.71. The fourth-order valence-corrected chi connectivity index (χ4v) is 1.76. The maximum atomic E-state index is 5.38. The zero-order valence-corrected chi connectivity index (χ0v) is 13.2. The standard InChI is InChI=1S/C13H22N2O.2ClH/c1-5-6-7-14-9-12-11(3)13(16-4)10(2)8-15-12;;/h8,14H,5-7,9H2,1-4H3;2*1H. The van der Waals surface area contributed by atoms with Crippen molar-refractivity contribution in [1.29, 1.82) is 0 Å². The minimum absolute atomic E-state index is 0. The highest BCUT2D eigenvalue weighted by atomic mass is 35.5. The number of nitrogens with one attached hydrogen (secondary N) is 1. The third-order valence-corrected chi connectivity index (χ3v) is 2.75. The zero-order valence-electron chi connectivity index (χ0n) is 11.6. The zero-order chi connectivity index (χ0) is 12.0. The summed E-state index contributed by atoms with van der Waals surface area (Å²) in [6.45, 7) is 8.15. The van der Waals surface area contributed by atoms with Crippen LogP contribution in [0.1, 0.15) is 36.6 Å². The number of methoxy groups -OCH3 is 1. The molecule has 0 aliphatic rings. The van der Waals surface area contributed by atoms with Crippen LogP contribution in [0, 0.1) is 13.8 Å². The molecule has 0 atom stereocenters. The number of hydrogen-bond donors (Lipinski definition) is 1. The lowest BCUT2D eigenvalue weighted by Gasteiger charge is -2.12. The maximum absolute atomic E-state index is 5.38. The van der Waals surface area contributed by atoms with Gasteiger partial charge in [0.2, 0.25) is 0 Å². The van der Waals surface area contributed by atoms with Gasteiger partial charge in [0.15, 0.2) is 0 Å². The molecular formula is C13H24Cl2N2O. The largest absolute Gasteiger partial charge is 0.496 e. The molecule has 0 unspecified atom stereocenters. The van der Waals surface area contributed by atoms with Gasteiger partial charge in [-0.25, -0.2) is 0 Å². The van der Waals surface area contributed by atoms with Crippen molar-refractivity contribution in [3.8, 4) is 5.75 Å². The van der Waals surface area contributed by atoms with Gasteiger partial charge >= 0.3 is 0 Å². The van der Waals surface area contributed by atoms with Crippen molar-refractivity contribution in [3.63, 3.8) is 0 Å². The number of hydrogen-bond acceptors (Lipinski definition) is 3. The van der Waals surface area contributed by atoms with Gasteiger partial charge in [-0.1, -0.05) is 13.3 Å². The summed E-state index contributed by atoms with van der Waals surface area (Å²) in [5, 5.41) is 3.40. The predicted molar refractivity (Wildman–Crippen MR) is 81.4 cm³/mol. The highest BCUT2D eigenvalue weighted by molar-refractivity contribution is 5.85. The first-order valence-electron chi connectivity index (χ1n) is 5.90. The van der Waals surface area contributed by atoms with Gasteiger partial charge in [0, 0.05) is 23.9 Å². The lowest BCUT2D eigenvalue weighted by Crippen LogP contribution is -2.16. The molecule has 0 bridgehead atoms. The van der Waals surface area contributed by atoms with Crippen LogP contribution >= 0.6 is 24.8 Å². The number of unbranched alkanes of at least 4 members (excludes halogenated alkanes) is 1. The van der Waals surface area contributed by atoms with Crippen molar-refractivity contribution in [2.45, 2.75) is 40.2 Å². The molecule has 0 aromatic carbocycles. The Bertz CT molecular complexity index is 346. The Morgan fingerprint density at radius 3 is 2.50 bits per heavy atom. The average Bonchev–Trinajstić information content (AvgIpc) is 2.28. The van der Waals surface area contributed by atoms with Gasteiger partial charge in [0.05, 0.1) is 12.8 Å². The molecule has 0 radical (unpaired) electrons. The molecule has 1 aromatic rings. The summed E-state index contributed by atoms with van der Waals surface area (Å²) in [5.74, 6) is 0.960. The Labute approximate surface area is 123 Å². The number of halogens is 2. The molecule has 5 heteroatoms. The Kier molecular flexibility index (Phi) is 11.5. The Morgan fingerprint density at radius 1 is 1.28 bits per heavy atom. The number of aryl methyl sites for hydroxylation is 1. The van der Waals surface area contributed by atoms with Crippen molar-refractivity contribution in [1.82, 2.24) is 10.3 Å². The van der Waals surface area contributed by atoms with Crippen LogP contribution in [0.4, 0.5) is 0 Å². The number of rotatable bonds is 6. The van der Waals surface area contributed by atoms with Crippen LogP contribution in [0.3, 0.4) is 0 Å². The first-order valence-corrected chi connectivity index (χ1v) is 5.90. The molecule has 0 fully saturated rings. The van der Waals surface area contributed by atoms with E-state index in [0.29, 0.717) is 0 Å². The van der Waals surface area contributed by atoms with E-state index >= 15 is 0 Å². The summed E-state index contributed by atoms with van der Waals surface area (Å²) in [5.41, 5.74) is 3.32. The number of nitrogens with zero attached hydrogens (tertiary/aromatic N) is 1. The van der Waals surface area contributed by atoms with Gasteiger partial charge in [0.1, 0.15) is 5.75 Å². The Balaban J connectivity index is 0. The van der Waals surface area contributed by atoms with E-state index < -0.39 is 0 Å². The molecule has 1 rings (SSSR count). The Hall–Kier alpha value is -0.510. The van der Waals surface area contributed by atoms with Crippen LogP contribution in [0.5, 0.6) is 5.75 Å². The van der Waals surface area contributed by atoms with Crippen molar-refractivity contribution < 1.29 is 4.74 Å². The van der Waals surface area contributed by atoms with Crippen LogP contribution in [-0.4, -0.2) is 18.6 Å². The summed E-state index contributed by atoms with van der Waals surface area (Å²) in [4.78, 5) is 4.44. The first-order chi connectivity index (χ1) is 7.70. The first kappa shape index (κ1) is 19.8. The minimum Gasteiger partial charge on any atom is -0.496 e. The van der Waals surface area contributed by atoms with Gasteiger partial charge in [-0.3, -0.25) is 4.98 Å². The summed E-state index contributed by atoms with van der Waals surface area (Å²) in [6, 6.07) is 0. The second-order valence-electron chi connectivity index (χ2n) is 4.08. The van der Waals surface area contributed by atoms with Gasteiger partial charge in [-0.2, -0.15) is 0 Å². The lowest BCUT2D eigenvalue weighted by molar-refractivity contribution is 0.406. The van der Waals surface area contributed by atoms with Crippen molar-refractivity contribution in [2.75, 3.05) is 13.7 Å². The van der Waals surface area contributed by atoms with Crippen LogP contribution in [0.15, 0.2) is 6.20 Å². The van der Waals surface area contributed by atoms with Gasteiger partial charge < -0.3 is 10.1 Å². The number of aromatic nitrogens is 1. The highest BCUT2D eigenvalue weighted by Gasteiger charge is 2.08. The van der Waals surface area contributed by atoms with E-state index in [2.05, 4.69) is 24.1 Å². The molecule has 0 aliphatic carbocycles. The third kappa shape index (κ3) is 5.42. The summed E-state index contributed by atoms with van der Waals surface area (Å²) >= 11 is 0. The van der Waals surface area contributed by atoms with Crippen LogP contribution < -0.4 is 10.1 Å². The van der Waals surface area contributed by atoms with Crippen molar-refractivity contribution in [2.24, 2.45) is 0 Å². The molecule has 0 amide bonds. The quantitative estimate of drug-likeness (QED) is 0.816. The molecule has 106 valence electrons. The summed E-state index contributed by atoms with van der Waals surface area (Å²) < 4.78 is 5.38. The van der Waals surface area contributed by atoms with E-state index in [4.69, 9.17) is 4.74 Å². The topological polar surface area (TPSA) is 34.2 Å². The highest BCUT2D eigenvalue weighted by Crippen LogP contribution is 2.23. The molecule has 0 aliphatic heterocycles. The molecule has 1 N–H and O–H groups in total. The van der Waals surface area contributed by atoms with E-state index in [1.165, 1.54) is 12.8 Å². The normalized spacial score (nSPS) is 9.33. The van der Waals surface area contributed by atoms with Crippen molar-refractivity contribution in [3.05, 3.63) is 23.0 Å². The second kappa shape index (κ2) is 10.4. The number of ether oxygens (including phenoxy) is 1. The molecule has 18 heavy (non-hydrogen) atoms. The predicted octanol–water partition coefficient (Wildman–Crippen LogP) is 3.44. The maximum Gasteiger partial charge on any atom is 0.128 e. The van der Waals surface area contributed by atoms with E-state index in [1.54, 1.807) is 7.11 Å². The van der Waals surface area contributed by atoms with Gasteiger partial charge in [0.25, 0.3) is 0 Å². The second-order valence-corrected chi connectivity index (χ2v) is 4.08. The monoisotopic (exact) mass is 294 g/mol. The lowest BCUT2D eigenvalue weighted by atomic mass is 10.1. The van der Waals surface area contributed by atoms with Crippen LogP contribution in [0.25, 0.3) is 0 Å². The van der Waals surface area contributed by atoms with E-state index in [0.717, 1.165) is 35.7 Å². The molecule has 1 aromatic heterocycles. The van der Waals surface area contributed by atoms with E-state index in [1.807, 2.05) is 13.1 Å². The SMILES string of the molecule is CCCCNCc1ncc(C)c(OC)c1C.Cl.Cl. The van der Waals surface area contributed by atoms with Crippen LogP contribution in [0.2, 0.25) is 0 Å². The minimum atomic E-state index is 0. The summed E-state index contributed by atoms with van der Waals surface area (Å²) in [6.07, 6.45) is 4.31. The molecule has 1 heterocycles. The average molecular weight is 295 g/mol. The fraction of sp³-hybridized carbons (Fsp3) is 0.615. The van der Waals surface area contributed by atoms with Gasteiger partial charge in [-0.05, 0) is 26.8 Å². The number of pyridine rings is 1. The molecule has 0 spiro atoms. The van der Waals surface area contributed by atoms with Crippen molar-refractivity contribution >= 4 is 24.8 Å². The Morgan fingerprint density at radius 2 is 1.94 bits per heavy atom. The molecule has 0 saturated heterocycles. The molecule has 3 nitrogen and oxygen atoms in total. The molecular weight excluding hydrogens is 271 g/mol. The van der Waals surface area contributed by atoms with E-state index in [-0.39, 0.29) is 24.8 Å². The van der Waals surface area contributed by atoms with E-state index in [9.17, 15) is 0 Å². The van der Waals surface area contributed by atoms with Crippen LogP contribution in [-0.2, 0) is 6.54 Å². The third-order valence-electron chi connectivity index (χ3n) is 2.75.